The minimum absolute atomic E-state index is 0.207. The SMILES string of the molecule is CC(C)(C)S(=O)/N=C/C/C=C\CCC(=O)OCc1ccccc1. The van der Waals surface area contributed by atoms with Gasteiger partial charge in [0.1, 0.15) is 17.6 Å². The van der Waals surface area contributed by atoms with Crippen molar-refractivity contribution in [3.8, 4) is 0 Å². The minimum atomic E-state index is -1.21. The van der Waals surface area contributed by atoms with E-state index in [-0.39, 0.29) is 10.7 Å². The summed E-state index contributed by atoms with van der Waals surface area (Å²) in [4.78, 5) is 11.6. The van der Waals surface area contributed by atoms with Crippen LogP contribution in [0.2, 0.25) is 0 Å². The maximum Gasteiger partial charge on any atom is 0.306 e. The molecule has 0 aliphatic heterocycles. The molecule has 1 aromatic rings. The first-order chi connectivity index (χ1) is 10.9. The van der Waals surface area contributed by atoms with Gasteiger partial charge in [-0.05, 0) is 32.8 Å². The largest absolute Gasteiger partial charge is 0.461 e. The molecule has 0 bridgehead atoms. The lowest BCUT2D eigenvalue weighted by molar-refractivity contribution is -0.144. The van der Waals surface area contributed by atoms with Gasteiger partial charge < -0.3 is 4.74 Å². The van der Waals surface area contributed by atoms with Crippen LogP contribution >= 0.6 is 0 Å². The second kappa shape index (κ2) is 10.1. The van der Waals surface area contributed by atoms with E-state index in [1.807, 2.05) is 63.3 Å². The third-order valence-corrected chi connectivity index (χ3v) is 4.25. The van der Waals surface area contributed by atoms with Gasteiger partial charge in [-0.15, -0.1) is 0 Å². The average Bonchev–Trinajstić information content (AvgIpc) is 2.52. The zero-order valence-corrected chi connectivity index (χ0v) is 14.8. The highest BCUT2D eigenvalue weighted by Crippen LogP contribution is 2.11. The van der Waals surface area contributed by atoms with Crippen molar-refractivity contribution < 1.29 is 13.7 Å². The molecule has 23 heavy (non-hydrogen) atoms. The maximum absolute atomic E-state index is 11.7. The van der Waals surface area contributed by atoms with Crippen LogP contribution in [0.5, 0.6) is 0 Å². The van der Waals surface area contributed by atoms with Gasteiger partial charge in [0.25, 0.3) is 0 Å². The van der Waals surface area contributed by atoms with Gasteiger partial charge in [0.2, 0.25) is 0 Å². The van der Waals surface area contributed by atoms with Gasteiger partial charge in [0.05, 0.1) is 4.75 Å². The van der Waals surface area contributed by atoms with Gasteiger partial charge in [-0.2, -0.15) is 4.40 Å². The van der Waals surface area contributed by atoms with Crippen molar-refractivity contribution in [1.82, 2.24) is 0 Å². The molecular weight excluding hydrogens is 310 g/mol. The number of esters is 1. The van der Waals surface area contributed by atoms with E-state index in [1.165, 1.54) is 0 Å². The number of hydrogen-bond donors (Lipinski definition) is 0. The van der Waals surface area contributed by atoms with Crippen LogP contribution in [0, 0.1) is 0 Å². The van der Waals surface area contributed by atoms with Gasteiger partial charge in [-0.3, -0.25) is 4.79 Å². The number of nitrogens with zero attached hydrogens (tertiary/aromatic N) is 1. The van der Waals surface area contributed by atoms with E-state index >= 15 is 0 Å². The molecule has 0 heterocycles. The molecule has 1 aromatic carbocycles. The van der Waals surface area contributed by atoms with Gasteiger partial charge in [0, 0.05) is 19.1 Å². The van der Waals surface area contributed by atoms with Gasteiger partial charge in [-0.25, -0.2) is 4.21 Å². The fraction of sp³-hybridized carbons (Fsp3) is 0.444. The van der Waals surface area contributed by atoms with Crippen LogP contribution in [0.4, 0.5) is 0 Å². The Balaban J connectivity index is 2.15. The lowest BCUT2D eigenvalue weighted by Crippen LogP contribution is -2.19. The summed E-state index contributed by atoms with van der Waals surface area (Å²) >= 11 is 0. The van der Waals surface area contributed by atoms with Crippen LogP contribution in [0.25, 0.3) is 0 Å². The van der Waals surface area contributed by atoms with Crippen LogP contribution < -0.4 is 0 Å². The first-order valence-electron chi connectivity index (χ1n) is 7.68. The smallest absolute Gasteiger partial charge is 0.306 e. The molecule has 0 saturated carbocycles. The number of rotatable bonds is 8. The van der Waals surface area contributed by atoms with E-state index in [9.17, 15) is 9.00 Å². The molecule has 0 aliphatic rings. The first kappa shape index (κ1) is 19.3. The van der Waals surface area contributed by atoms with E-state index in [4.69, 9.17) is 4.74 Å². The molecule has 0 radical (unpaired) electrons. The van der Waals surface area contributed by atoms with E-state index in [0.717, 1.165) is 5.56 Å². The summed E-state index contributed by atoms with van der Waals surface area (Å²) in [6.45, 7) is 5.97. The summed E-state index contributed by atoms with van der Waals surface area (Å²) in [7, 11) is -1.21. The molecule has 5 heteroatoms. The van der Waals surface area contributed by atoms with Crippen LogP contribution in [0.1, 0.15) is 45.6 Å². The summed E-state index contributed by atoms with van der Waals surface area (Å²) in [6.07, 6.45) is 7.06. The third kappa shape index (κ3) is 9.08. The Kier molecular flexibility index (Phi) is 8.48. The van der Waals surface area contributed by atoms with Gasteiger partial charge in [-0.1, -0.05) is 42.5 Å². The van der Waals surface area contributed by atoms with E-state index in [1.54, 1.807) is 6.21 Å². The van der Waals surface area contributed by atoms with Crippen molar-refractivity contribution in [2.75, 3.05) is 0 Å². The van der Waals surface area contributed by atoms with E-state index in [2.05, 4.69) is 4.40 Å². The van der Waals surface area contributed by atoms with Crippen LogP contribution in [0.15, 0.2) is 46.9 Å². The molecule has 4 nitrogen and oxygen atoms in total. The summed E-state index contributed by atoms with van der Waals surface area (Å²) in [6, 6.07) is 9.61. The predicted molar refractivity (Wildman–Crippen MR) is 95.6 cm³/mol. The molecular formula is C18H25NO3S. The molecule has 1 unspecified atom stereocenters. The Morgan fingerprint density at radius 1 is 1.22 bits per heavy atom. The average molecular weight is 335 g/mol. The summed E-state index contributed by atoms with van der Waals surface area (Å²) in [5.41, 5.74) is 0.986. The lowest BCUT2D eigenvalue weighted by atomic mass is 10.2. The molecule has 0 amide bonds. The molecule has 0 fully saturated rings. The Labute approximate surface area is 141 Å². The number of carbonyl (C=O) groups excluding carboxylic acids is 1. The minimum Gasteiger partial charge on any atom is -0.461 e. The molecule has 1 atom stereocenters. The molecule has 126 valence electrons. The predicted octanol–water partition coefficient (Wildman–Crippen LogP) is 3.99. The second-order valence-electron chi connectivity index (χ2n) is 6.04. The van der Waals surface area contributed by atoms with Gasteiger partial charge in [0.15, 0.2) is 0 Å². The van der Waals surface area contributed by atoms with Crippen molar-refractivity contribution in [2.45, 2.75) is 51.4 Å². The summed E-state index contributed by atoms with van der Waals surface area (Å²) in [5.74, 6) is -0.207. The highest BCUT2D eigenvalue weighted by Gasteiger charge is 2.17. The van der Waals surface area contributed by atoms with Gasteiger partial charge >= 0.3 is 5.97 Å². The third-order valence-electron chi connectivity index (χ3n) is 2.86. The number of ether oxygens (including phenoxy) is 1. The van der Waals surface area contributed by atoms with Crippen molar-refractivity contribution in [1.29, 1.82) is 0 Å². The fourth-order valence-electron chi connectivity index (χ4n) is 1.56. The Morgan fingerprint density at radius 3 is 2.57 bits per heavy atom. The number of hydrogen-bond acceptors (Lipinski definition) is 3. The van der Waals surface area contributed by atoms with Crippen molar-refractivity contribution in [2.24, 2.45) is 4.40 Å². The topological polar surface area (TPSA) is 55.7 Å². The van der Waals surface area contributed by atoms with Crippen LogP contribution in [-0.2, 0) is 27.1 Å². The Morgan fingerprint density at radius 2 is 1.91 bits per heavy atom. The molecule has 0 spiro atoms. The molecule has 0 N–H and O–H groups in total. The molecule has 0 saturated heterocycles. The van der Waals surface area contributed by atoms with Crippen molar-refractivity contribution in [3.05, 3.63) is 48.0 Å². The summed E-state index contributed by atoms with van der Waals surface area (Å²) in [5, 5.41) is 0. The fourth-order valence-corrected chi connectivity index (χ4v) is 2.09. The standard InChI is InChI=1S/C18H25NO3S/c1-18(2,3)23(21)19-14-10-5-4-9-13-17(20)22-15-16-11-7-6-8-12-16/h4-8,11-12,14H,9-10,13,15H2,1-3H3/b5-4-,19-14+. The van der Waals surface area contributed by atoms with E-state index in [0.29, 0.717) is 25.9 Å². The lowest BCUT2D eigenvalue weighted by Gasteiger charge is -2.12. The zero-order chi connectivity index (χ0) is 17.1. The van der Waals surface area contributed by atoms with Crippen LogP contribution in [-0.4, -0.2) is 21.1 Å². The van der Waals surface area contributed by atoms with Crippen molar-refractivity contribution >= 4 is 23.2 Å². The number of allylic oxidation sites excluding steroid dienone is 2. The number of carbonyl (C=O) groups is 1. The second-order valence-corrected chi connectivity index (χ2v) is 7.98. The molecule has 1 rings (SSSR count). The highest BCUT2D eigenvalue weighted by molar-refractivity contribution is 7.85. The first-order valence-corrected chi connectivity index (χ1v) is 8.79. The number of benzene rings is 1. The monoisotopic (exact) mass is 335 g/mol. The van der Waals surface area contributed by atoms with Crippen LogP contribution in [0.3, 0.4) is 0 Å². The summed E-state index contributed by atoms with van der Waals surface area (Å²) < 4.78 is 20.5. The highest BCUT2D eigenvalue weighted by atomic mass is 32.2. The molecule has 0 aliphatic carbocycles. The van der Waals surface area contributed by atoms with Crippen molar-refractivity contribution in [3.63, 3.8) is 0 Å². The quantitative estimate of drug-likeness (QED) is 0.410. The Hall–Kier alpha value is -1.75. The van der Waals surface area contributed by atoms with E-state index < -0.39 is 11.0 Å². The molecule has 0 aromatic heterocycles. The maximum atomic E-state index is 11.7. The zero-order valence-electron chi connectivity index (χ0n) is 14.0. The Bertz CT molecular complexity index is 559. The normalized spacial score (nSPS) is 13.5.